The minimum Gasteiger partial charge on any atom is -0.396 e. The molecule has 2 nitrogen and oxygen atoms in total. The Morgan fingerprint density at radius 3 is 2.19 bits per heavy atom. The molecule has 0 aromatic heterocycles. The Kier molecular flexibility index (Phi) is 5.19. The van der Waals surface area contributed by atoms with Gasteiger partial charge in [0.05, 0.1) is 6.10 Å². The smallest absolute Gasteiger partial charge is 0.0594 e. The number of aliphatic hydroxyl groups is 2. The van der Waals surface area contributed by atoms with Crippen molar-refractivity contribution in [1.29, 1.82) is 0 Å². The average Bonchev–Trinajstić information content (AvgIpc) is 3.12. The molecule has 0 bridgehead atoms. The van der Waals surface area contributed by atoms with Gasteiger partial charge in [0, 0.05) is 6.61 Å². The van der Waals surface area contributed by atoms with Crippen LogP contribution in [0, 0.1) is 56.7 Å². The summed E-state index contributed by atoms with van der Waals surface area (Å²) >= 11 is 0. The van der Waals surface area contributed by atoms with E-state index in [1.54, 1.807) is 0 Å². The van der Waals surface area contributed by atoms with Gasteiger partial charge in [0.2, 0.25) is 0 Å². The first-order valence-electron chi connectivity index (χ1n) is 13.8. The van der Waals surface area contributed by atoms with E-state index in [9.17, 15) is 10.2 Å². The first kappa shape index (κ1) is 23.4. The van der Waals surface area contributed by atoms with Crippen LogP contribution in [0.1, 0.15) is 106 Å². The predicted octanol–water partition coefficient (Wildman–Crippen LogP) is 7.00. The maximum absolute atomic E-state index is 10.9. The number of aliphatic hydroxyl groups excluding tert-OH is 2. The van der Waals surface area contributed by atoms with Crippen molar-refractivity contribution in [1.82, 2.24) is 0 Å². The minimum absolute atomic E-state index is 0.0290. The van der Waals surface area contributed by atoms with Gasteiger partial charge in [0.15, 0.2) is 0 Å². The Hall–Kier alpha value is -0.340. The molecule has 0 aromatic carbocycles. The highest BCUT2D eigenvalue weighted by Gasteiger charge is 2.70. The normalized spacial score (nSPS) is 56.5. The first-order valence-corrected chi connectivity index (χ1v) is 13.8. The second kappa shape index (κ2) is 7.09. The monoisotopic (exact) mass is 442 g/mol. The molecule has 10 atom stereocenters. The molecule has 2 N–H and O–H groups in total. The average molecular weight is 443 g/mol. The molecule has 2 heteroatoms. The van der Waals surface area contributed by atoms with Gasteiger partial charge in [0.1, 0.15) is 0 Å². The van der Waals surface area contributed by atoms with Crippen molar-refractivity contribution in [3.63, 3.8) is 0 Å². The van der Waals surface area contributed by atoms with E-state index in [0.29, 0.717) is 40.6 Å². The highest BCUT2D eigenvalue weighted by atomic mass is 16.3. The van der Waals surface area contributed by atoms with Crippen molar-refractivity contribution in [2.24, 2.45) is 56.7 Å². The summed E-state index contributed by atoms with van der Waals surface area (Å²) in [6.07, 6.45) is 12.2. The zero-order chi connectivity index (χ0) is 23.3. The van der Waals surface area contributed by atoms with Gasteiger partial charge in [-0.05, 0) is 128 Å². The van der Waals surface area contributed by atoms with E-state index in [1.165, 1.54) is 63.4 Å². The van der Waals surface area contributed by atoms with E-state index in [2.05, 4.69) is 48.1 Å². The lowest BCUT2D eigenvalue weighted by atomic mass is 9.32. The van der Waals surface area contributed by atoms with E-state index in [0.717, 1.165) is 18.3 Å². The Bertz CT molecular complexity index is 786. The number of hydrogen-bond acceptors (Lipinski definition) is 2. The molecular formula is C30H50O2. The fourth-order valence-electron chi connectivity index (χ4n) is 11.5. The molecule has 0 spiro atoms. The van der Waals surface area contributed by atoms with Gasteiger partial charge in [-0.15, -0.1) is 0 Å². The van der Waals surface area contributed by atoms with Crippen LogP contribution in [0.2, 0.25) is 0 Å². The molecule has 5 fully saturated rings. The molecule has 0 aromatic rings. The third-order valence-corrected chi connectivity index (χ3v) is 13.5. The van der Waals surface area contributed by atoms with Crippen LogP contribution in [-0.4, -0.2) is 22.9 Å². The lowest BCUT2D eigenvalue weighted by Gasteiger charge is -2.73. The molecule has 0 radical (unpaired) electrons. The highest BCUT2D eigenvalue weighted by Crippen LogP contribution is 2.77. The Labute approximate surface area is 197 Å². The van der Waals surface area contributed by atoms with Crippen molar-refractivity contribution in [3.05, 3.63) is 12.2 Å². The minimum atomic E-state index is -0.147. The molecular weight excluding hydrogens is 392 g/mol. The lowest BCUT2D eigenvalue weighted by Crippen LogP contribution is -2.66. The lowest BCUT2D eigenvalue weighted by molar-refractivity contribution is -0.249. The van der Waals surface area contributed by atoms with Gasteiger partial charge < -0.3 is 10.2 Å². The molecule has 5 saturated carbocycles. The summed E-state index contributed by atoms with van der Waals surface area (Å²) in [5, 5.41) is 21.5. The fourth-order valence-corrected chi connectivity index (χ4v) is 11.5. The van der Waals surface area contributed by atoms with E-state index >= 15 is 0 Å². The van der Waals surface area contributed by atoms with Crippen LogP contribution in [0.4, 0.5) is 0 Å². The topological polar surface area (TPSA) is 40.5 Å². The summed E-state index contributed by atoms with van der Waals surface area (Å²) in [4.78, 5) is 0. The summed E-state index contributed by atoms with van der Waals surface area (Å²) in [5.74, 6) is 3.33. The largest absolute Gasteiger partial charge is 0.396 e. The third-order valence-electron chi connectivity index (χ3n) is 13.5. The van der Waals surface area contributed by atoms with Crippen molar-refractivity contribution in [3.8, 4) is 0 Å². The van der Waals surface area contributed by atoms with Crippen molar-refractivity contribution in [2.45, 2.75) is 112 Å². The Morgan fingerprint density at radius 1 is 0.812 bits per heavy atom. The molecule has 0 saturated heterocycles. The number of allylic oxidation sites excluding steroid dienone is 1. The Balaban J connectivity index is 1.55. The molecule has 5 aliphatic rings. The first-order chi connectivity index (χ1) is 14.9. The second-order valence-corrected chi connectivity index (χ2v) is 14.6. The van der Waals surface area contributed by atoms with E-state index in [4.69, 9.17) is 0 Å². The summed E-state index contributed by atoms with van der Waals surface area (Å²) in [6.45, 7) is 19.7. The SMILES string of the molecule is C=C(C)[C@@H]1CC[C@@]2(CO)CC[C@@]3(C)[C@@H](CC[C@@H]4[C@]5(C)CC[C@H](O)C(C)(C)[C@@H]5CC[C@@]43C)[C@H]12. The Morgan fingerprint density at radius 2 is 1.53 bits per heavy atom. The maximum atomic E-state index is 10.9. The van der Waals surface area contributed by atoms with Crippen LogP contribution in [0.3, 0.4) is 0 Å². The molecule has 0 amide bonds. The second-order valence-electron chi connectivity index (χ2n) is 14.6. The van der Waals surface area contributed by atoms with Gasteiger partial charge in [-0.25, -0.2) is 0 Å². The van der Waals surface area contributed by atoms with Gasteiger partial charge in [-0.2, -0.15) is 0 Å². The van der Waals surface area contributed by atoms with Crippen LogP contribution in [0.15, 0.2) is 12.2 Å². The zero-order valence-corrected chi connectivity index (χ0v) is 21.8. The van der Waals surface area contributed by atoms with E-state index < -0.39 is 0 Å². The van der Waals surface area contributed by atoms with Crippen LogP contribution >= 0.6 is 0 Å². The van der Waals surface area contributed by atoms with Crippen LogP contribution in [0.5, 0.6) is 0 Å². The molecule has 5 rings (SSSR count). The van der Waals surface area contributed by atoms with Gasteiger partial charge in [0.25, 0.3) is 0 Å². The summed E-state index contributed by atoms with van der Waals surface area (Å²) in [6, 6.07) is 0. The fraction of sp³-hybridized carbons (Fsp3) is 0.933. The number of hydrogen-bond donors (Lipinski definition) is 2. The van der Waals surface area contributed by atoms with Crippen LogP contribution in [0.25, 0.3) is 0 Å². The molecule has 5 aliphatic carbocycles. The standard InChI is InChI=1S/C30H50O2/c1-19(2)20-10-15-30(18-31)17-16-28(6)21(25(20)30)8-9-23-27(5)13-12-24(32)26(3,4)22(27)11-14-29(23,28)7/h20-25,31-32H,1,8-18H2,2-7H3/t20-,21-,22-,23+,24-,25-,27+,28-,29-,30-/m0/s1. The molecule has 0 unspecified atom stereocenters. The van der Waals surface area contributed by atoms with Gasteiger partial charge in [-0.3, -0.25) is 0 Å². The number of fused-ring (bicyclic) bond motifs is 7. The summed E-state index contributed by atoms with van der Waals surface area (Å²) in [7, 11) is 0. The quantitative estimate of drug-likeness (QED) is 0.452. The summed E-state index contributed by atoms with van der Waals surface area (Å²) < 4.78 is 0. The predicted molar refractivity (Wildman–Crippen MR) is 132 cm³/mol. The van der Waals surface area contributed by atoms with Crippen molar-refractivity contribution < 1.29 is 10.2 Å². The third kappa shape index (κ3) is 2.66. The zero-order valence-electron chi connectivity index (χ0n) is 21.8. The summed E-state index contributed by atoms with van der Waals surface area (Å²) in [5.41, 5.74) is 2.60. The van der Waals surface area contributed by atoms with Gasteiger partial charge in [-0.1, -0.05) is 46.8 Å². The van der Waals surface area contributed by atoms with E-state index in [1.807, 2.05) is 0 Å². The van der Waals surface area contributed by atoms with E-state index in [-0.39, 0.29) is 16.9 Å². The highest BCUT2D eigenvalue weighted by molar-refractivity contribution is 5.21. The van der Waals surface area contributed by atoms with Crippen LogP contribution < -0.4 is 0 Å². The number of rotatable bonds is 2. The van der Waals surface area contributed by atoms with Crippen molar-refractivity contribution >= 4 is 0 Å². The molecule has 182 valence electrons. The molecule has 0 aliphatic heterocycles. The van der Waals surface area contributed by atoms with Crippen molar-refractivity contribution in [2.75, 3.05) is 6.61 Å². The van der Waals surface area contributed by atoms with Crippen LogP contribution in [-0.2, 0) is 0 Å². The van der Waals surface area contributed by atoms with Gasteiger partial charge >= 0.3 is 0 Å². The molecule has 0 heterocycles. The maximum Gasteiger partial charge on any atom is 0.0594 e. The molecule has 32 heavy (non-hydrogen) atoms.